The number of carbonyl (C=O) groups is 2. The summed E-state index contributed by atoms with van der Waals surface area (Å²) in [6, 6.07) is 14.6. The Morgan fingerprint density at radius 1 is 0.656 bits per heavy atom. The first-order valence-electron chi connectivity index (χ1n) is 9.53. The maximum absolute atomic E-state index is 12.7. The summed E-state index contributed by atoms with van der Waals surface area (Å²) < 4.78 is 20.9. The van der Waals surface area contributed by atoms with Crippen LogP contribution in [0.1, 0.15) is 21.0 Å². The Labute approximate surface area is 185 Å². The summed E-state index contributed by atoms with van der Waals surface area (Å²) in [5, 5.41) is 5.46. The third-order valence-corrected chi connectivity index (χ3v) is 4.53. The van der Waals surface area contributed by atoms with E-state index in [2.05, 4.69) is 15.6 Å². The fourth-order valence-electron chi connectivity index (χ4n) is 2.86. The predicted octanol–water partition coefficient (Wildman–Crippen LogP) is 3.62. The molecule has 0 saturated heterocycles. The van der Waals surface area contributed by atoms with Gasteiger partial charge in [0.25, 0.3) is 11.8 Å². The topological polar surface area (TPSA) is 108 Å². The maximum Gasteiger partial charge on any atom is 0.274 e. The molecule has 3 rings (SSSR count). The van der Waals surface area contributed by atoms with Crippen molar-refractivity contribution in [3.63, 3.8) is 0 Å². The van der Waals surface area contributed by atoms with E-state index in [1.165, 1.54) is 40.6 Å². The number of hydrogen-bond acceptors (Lipinski definition) is 7. The quantitative estimate of drug-likeness (QED) is 0.554. The normalized spacial score (nSPS) is 10.1. The molecule has 1 aromatic heterocycles. The van der Waals surface area contributed by atoms with Gasteiger partial charge in [-0.05, 0) is 36.4 Å². The summed E-state index contributed by atoms with van der Waals surface area (Å²) in [5.74, 6) is 1.04. The number of benzene rings is 2. The van der Waals surface area contributed by atoms with Gasteiger partial charge in [0.2, 0.25) is 0 Å². The van der Waals surface area contributed by atoms with Crippen LogP contribution >= 0.6 is 0 Å². The fourth-order valence-corrected chi connectivity index (χ4v) is 2.86. The second kappa shape index (κ2) is 10.2. The van der Waals surface area contributed by atoms with Crippen LogP contribution in [0.5, 0.6) is 23.0 Å². The van der Waals surface area contributed by atoms with Crippen LogP contribution in [0.3, 0.4) is 0 Å². The van der Waals surface area contributed by atoms with Crippen LogP contribution in [-0.2, 0) is 0 Å². The molecule has 2 aromatic carbocycles. The number of carbonyl (C=O) groups excluding carboxylic acids is 2. The van der Waals surface area contributed by atoms with Crippen molar-refractivity contribution in [2.75, 3.05) is 39.1 Å². The minimum Gasteiger partial charge on any atom is -0.497 e. The number of aromatic nitrogens is 1. The van der Waals surface area contributed by atoms with Crippen molar-refractivity contribution >= 4 is 23.2 Å². The minimum absolute atomic E-state index is 0.0669. The summed E-state index contributed by atoms with van der Waals surface area (Å²) in [7, 11) is 6.05. The van der Waals surface area contributed by atoms with Gasteiger partial charge < -0.3 is 29.6 Å². The van der Waals surface area contributed by atoms with Gasteiger partial charge in [0, 0.05) is 12.1 Å². The lowest BCUT2D eigenvalue weighted by molar-refractivity contribution is 0.101. The van der Waals surface area contributed by atoms with Gasteiger partial charge in [-0.25, -0.2) is 4.98 Å². The van der Waals surface area contributed by atoms with E-state index in [-0.39, 0.29) is 11.4 Å². The molecule has 0 radical (unpaired) electrons. The van der Waals surface area contributed by atoms with E-state index < -0.39 is 11.8 Å². The monoisotopic (exact) mass is 437 g/mol. The molecule has 0 atom stereocenters. The molecule has 166 valence electrons. The van der Waals surface area contributed by atoms with Crippen LogP contribution in [0.15, 0.2) is 54.6 Å². The van der Waals surface area contributed by atoms with Crippen LogP contribution in [0.2, 0.25) is 0 Å². The van der Waals surface area contributed by atoms with Crippen molar-refractivity contribution in [2.45, 2.75) is 0 Å². The molecule has 3 aromatic rings. The highest BCUT2D eigenvalue weighted by Crippen LogP contribution is 2.30. The zero-order valence-electron chi connectivity index (χ0n) is 18.1. The van der Waals surface area contributed by atoms with Crippen molar-refractivity contribution in [3.05, 3.63) is 66.0 Å². The summed E-state index contributed by atoms with van der Waals surface area (Å²) >= 11 is 0. The Morgan fingerprint density at radius 3 is 1.47 bits per heavy atom. The summed E-state index contributed by atoms with van der Waals surface area (Å²) in [4.78, 5) is 29.6. The minimum atomic E-state index is -0.495. The largest absolute Gasteiger partial charge is 0.497 e. The lowest BCUT2D eigenvalue weighted by Gasteiger charge is -2.12. The summed E-state index contributed by atoms with van der Waals surface area (Å²) in [6.45, 7) is 0. The number of nitrogens with one attached hydrogen (secondary N) is 2. The number of methoxy groups -OCH3 is 4. The van der Waals surface area contributed by atoms with Crippen molar-refractivity contribution in [3.8, 4) is 23.0 Å². The first kappa shape index (κ1) is 22.4. The lowest BCUT2D eigenvalue weighted by Crippen LogP contribution is -2.19. The fraction of sp³-hybridized carbons (Fsp3) is 0.174. The Bertz CT molecular complexity index is 1050. The van der Waals surface area contributed by atoms with Gasteiger partial charge in [0.15, 0.2) is 0 Å². The van der Waals surface area contributed by atoms with Crippen molar-refractivity contribution in [1.82, 2.24) is 4.98 Å². The second-order valence-corrected chi connectivity index (χ2v) is 6.45. The van der Waals surface area contributed by atoms with Gasteiger partial charge in [-0.1, -0.05) is 6.07 Å². The zero-order valence-corrected chi connectivity index (χ0v) is 18.1. The van der Waals surface area contributed by atoms with Gasteiger partial charge in [0.05, 0.1) is 39.8 Å². The molecule has 9 nitrogen and oxygen atoms in total. The number of hydrogen-bond donors (Lipinski definition) is 2. The van der Waals surface area contributed by atoms with Gasteiger partial charge in [-0.3, -0.25) is 9.59 Å². The maximum atomic E-state index is 12.7. The van der Waals surface area contributed by atoms with E-state index >= 15 is 0 Å². The first-order valence-corrected chi connectivity index (χ1v) is 9.53. The molecule has 0 unspecified atom stereocenters. The van der Waals surface area contributed by atoms with Crippen LogP contribution < -0.4 is 29.6 Å². The van der Waals surface area contributed by atoms with E-state index in [0.29, 0.717) is 34.4 Å². The first-order chi connectivity index (χ1) is 15.5. The molecule has 1 heterocycles. The highest BCUT2D eigenvalue weighted by atomic mass is 16.5. The lowest BCUT2D eigenvalue weighted by atomic mass is 10.2. The highest BCUT2D eigenvalue weighted by Gasteiger charge is 2.16. The highest BCUT2D eigenvalue weighted by molar-refractivity contribution is 6.07. The average Bonchev–Trinajstić information content (AvgIpc) is 2.84. The number of ether oxygens (including phenoxy) is 4. The molecule has 0 bridgehead atoms. The molecule has 0 spiro atoms. The summed E-state index contributed by atoms with van der Waals surface area (Å²) in [5.41, 5.74) is 1.02. The van der Waals surface area contributed by atoms with Crippen LogP contribution in [0, 0.1) is 0 Å². The van der Waals surface area contributed by atoms with Crippen LogP contribution in [0.25, 0.3) is 0 Å². The third-order valence-electron chi connectivity index (χ3n) is 4.53. The molecule has 9 heteroatoms. The number of rotatable bonds is 8. The molecule has 0 aliphatic rings. The summed E-state index contributed by atoms with van der Waals surface area (Å²) in [6.07, 6.45) is 0. The standard InChI is InChI=1S/C23H23N3O6/c1-29-14-8-10-16(20(12-14)31-3)25-22(27)18-6-5-7-19(24-18)23(28)26-17-11-9-15(30-2)13-21(17)32-4/h5-13H,1-4H3,(H,25,27)(H,26,28). The van der Waals surface area contributed by atoms with Crippen LogP contribution in [-0.4, -0.2) is 45.2 Å². The van der Waals surface area contributed by atoms with Crippen molar-refractivity contribution in [2.24, 2.45) is 0 Å². The number of pyridine rings is 1. The van der Waals surface area contributed by atoms with Gasteiger partial charge in [-0.15, -0.1) is 0 Å². The number of anilines is 2. The molecular weight excluding hydrogens is 414 g/mol. The number of nitrogens with zero attached hydrogens (tertiary/aromatic N) is 1. The van der Waals surface area contributed by atoms with E-state index in [9.17, 15) is 9.59 Å². The van der Waals surface area contributed by atoms with E-state index in [0.717, 1.165) is 0 Å². The SMILES string of the molecule is COc1ccc(NC(=O)c2cccc(C(=O)Nc3ccc(OC)cc3OC)n2)c(OC)c1. The Balaban J connectivity index is 1.78. The average molecular weight is 437 g/mol. The Kier molecular flexibility index (Phi) is 7.12. The van der Waals surface area contributed by atoms with Crippen molar-refractivity contribution in [1.29, 1.82) is 0 Å². The predicted molar refractivity (Wildman–Crippen MR) is 119 cm³/mol. The Hall–Kier alpha value is -4.27. The van der Waals surface area contributed by atoms with Crippen LogP contribution in [0.4, 0.5) is 11.4 Å². The molecular formula is C23H23N3O6. The smallest absolute Gasteiger partial charge is 0.274 e. The second-order valence-electron chi connectivity index (χ2n) is 6.45. The van der Waals surface area contributed by atoms with Gasteiger partial charge in [0.1, 0.15) is 34.4 Å². The van der Waals surface area contributed by atoms with Gasteiger partial charge in [-0.2, -0.15) is 0 Å². The Morgan fingerprint density at radius 2 is 1.09 bits per heavy atom. The van der Waals surface area contributed by atoms with Gasteiger partial charge >= 0.3 is 0 Å². The van der Waals surface area contributed by atoms with E-state index in [1.807, 2.05) is 0 Å². The third kappa shape index (κ3) is 5.07. The van der Waals surface area contributed by atoms with Crippen molar-refractivity contribution < 1.29 is 28.5 Å². The molecule has 0 fully saturated rings. The molecule has 0 saturated carbocycles. The van der Waals surface area contributed by atoms with E-state index in [4.69, 9.17) is 18.9 Å². The molecule has 2 amide bonds. The zero-order chi connectivity index (χ0) is 23.1. The molecule has 0 aliphatic heterocycles. The molecule has 2 N–H and O–H groups in total. The molecule has 32 heavy (non-hydrogen) atoms. The van der Waals surface area contributed by atoms with E-state index in [1.54, 1.807) is 42.5 Å². The molecule has 0 aliphatic carbocycles. The number of amides is 2.